The Morgan fingerprint density at radius 3 is 2.50 bits per heavy atom. The van der Waals surface area contributed by atoms with Gasteiger partial charge in [-0.2, -0.15) is 11.8 Å². The summed E-state index contributed by atoms with van der Waals surface area (Å²) < 4.78 is 27.3. The van der Waals surface area contributed by atoms with Gasteiger partial charge in [-0.05, 0) is 37.3 Å². The van der Waals surface area contributed by atoms with Crippen molar-refractivity contribution in [3.63, 3.8) is 0 Å². The summed E-state index contributed by atoms with van der Waals surface area (Å²) in [6, 6.07) is 1.07. The Hall–Kier alpha value is -2.07. The number of benzene rings is 1. The van der Waals surface area contributed by atoms with E-state index in [1.165, 1.54) is 11.8 Å². The first kappa shape index (κ1) is 21.2. The van der Waals surface area contributed by atoms with Gasteiger partial charge < -0.3 is 5.32 Å². The molecule has 2 fully saturated rings. The summed E-state index contributed by atoms with van der Waals surface area (Å²) in [7, 11) is 0. The largest absolute Gasteiger partial charge is 0.300 e. The maximum absolute atomic E-state index is 13.5. The highest BCUT2D eigenvalue weighted by atomic mass is 32.2. The summed E-state index contributed by atoms with van der Waals surface area (Å²) >= 11 is 2.53. The van der Waals surface area contributed by atoms with Crippen LogP contribution < -0.4 is 5.32 Å². The number of amides is 3. The number of hydrogen-bond acceptors (Lipinski definition) is 6. The molecule has 10 heteroatoms. The van der Waals surface area contributed by atoms with Crippen LogP contribution in [0.5, 0.6) is 0 Å². The summed E-state index contributed by atoms with van der Waals surface area (Å²) in [5.41, 5.74) is 0.231. The van der Waals surface area contributed by atoms with E-state index < -0.39 is 23.6 Å². The number of likely N-dealkylation sites (tertiary alicyclic amines) is 1. The number of carbonyl (C=O) groups is 3. The second-order valence-corrected chi connectivity index (χ2v) is 9.60. The van der Waals surface area contributed by atoms with Crippen molar-refractivity contribution in [2.45, 2.75) is 38.1 Å². The molecule has 1 N–H and O–H groups in total. The van der Waals surface area contributed by atoms with E-state index in [4.69, 9.17) is 0 Å². The number of nitrogens with one attached hydrogen (secondary N) is 1. The van der Waals surface area contributed by atoms with Crippen molar-refractivity contribution in [1.29, 1.82) is 0 Å². The van der Waals surface area contributed by atoms with E-state index in [0.717, 1.165) is 41.2 Å². The quantitative estimate of drug-likeness (QED) is 0.673. The maximum Gasteiger partial charge on any atom is 0.249 e. The first-order valence-electron chi connectivity index (χ1n) is 9.83. The van der Waals surface area contributed by atoms with E-state index in [0.29, 0.717) is 29.7 Å². The van der Waals surface area contributed by atoms with Crippen molar-refractivity contribution in [3.8, 4) is 0 Å². The van der Waals surface area contributed by atoms with Gasteiger partial charge in [0.15, 0.2) is 16.8 Å². The molecule has 1 aromatic heterocycles. The van der Waals surface area contributed by atoms with Gasteiger partial charge in [0.1, 0.15) is 6.04 Å². The first-order chi connectivity index (χ1) is 14.4. The monoisotopic (exact) mass is 453 g/mol. The van der Waals surface area contributed by atoms with E-state index in [1.54, 1.807) is 0 Å². The number of thioether (sulfide) groups is 1. The second kappa shape index (κ2) is 8.58. The lowest BCUT2D eigenvalue weighted by molar-refractivity contribution is -0.146. The van der Waals surface area contributed by atoms with Gasteiger partial charge in [-0.3, -0.25) is 19.3 Å². The van der Waals surface area contributed by atoms with Crippen LogP contribution in [0.25, 0.3) is 10.2 Å². The highest BCUT2D eigenvalue weighted by Gasteiger charge is 2.51. The van der Waals surface area contributed by atoms with E-state index in [1.807, 2.05) is 6.26 Å². The molecule has 30 heavy (non-hydrogen) atoms. The molecule has 1 aromatic carbocycles. The van der Waals surface area contributed by atoms with Crippen LogP contribution in [0.15, 0.2) is 12.1 Å². The van der Waals surface area contributed by atoms with Crippen LogP contribution in [0.3, 0.4) is 0 Å². The fourth-order valence-electron chi connectivity index (χ4n) is 4.27. The van der Waals surface area contributed by atoms with Crippen LogP contribution in [0.1, 0.15) is 32.1 Å². The van der Waals surface area contributed by atoms with Gasteiger partial charge in [-0.25, -0.2) is 13.8 Å². The predicted molar refractivity (Wildman–Crippen MR) is 112 cm³/mol. The molecule has 2 aliphatic rings. The lowest BCUT2D eigenvalue weighted by atomic mass is 9.81. The van der Waals surface area contributed by atoms with Gasteiger partial charge in [0.2, 0.25) is 17.7 Å². The first-order valence-corrected chi connectivity index (χ1v) is 12.0. The molecule has 160 valence electrons. The fraction of sp³-hybridized carbons (Fsp3) is 0.500. The fourth-order valence-corrected chi connectivity index (χ4v) is 5.60. The second-order valence-electron chi connectivity index (χ2n) is 7.58. The number of hydrogen-bond donors (Lipinski definition) is 1. The van der Waals surface area contributed by atoms with E-state index in [2.05, 4.69) is 10.3 Å². The number of halogens is 2. The topological polar surface area (TPSA) is 79.4 Å². The molecule has 1 aliphatic heterocycles. The molecule has 6 nitrogen and oxygen atoms in total. The van der Waals surface area contributed by atoms with Gasteiger partial charge in [-0.15, -0.1) is 0 Å². The number of aromatic nitrogens is 1. The maximum atomic E-state index is 13.5. The van der Waals surface area contributed by atoms with Crippen molar-refractivity contribution in [3.05, 3.63) is 23.8 Å². The van der Waals surface area contributed by atoms with Crippen LogP contribution in [0, 0.1) is 23.5 Å². The highest BCUT2D eigenvalue weighted by Crippen LogP contribution is 2.39. The predicted octanol–water partition coefficient (Wildman–Crippen LogP) is 3.81. The van der Waals surface area contributed by atoms with Crippen LogP contribution in [-0.2, 0) is 14.4 Å². The Morgan fingerprint density at radius 1 is 1.23 bits per heavy atom. The summed E-state index contributed by atoms with van der Waals surface area (Å²) in [5, 5.41) is 2.82. The SMILES string of the molecule is CSCCC(C(=O)Nc1nc2cc(F)c(F)cc2s1)N1C(=O)C2CCCCC2C1=O. The smallest absolute Gasteiger partial charge is 0.249 e. The van der Waals surface area contributed by atoms with Crippen LogP contribution in [-0.4, -0.2) is 45.7 Å². The lowest BCUT2D eigenvalue weighted by Crippen LogP contribution is -2.48. The van der Waals surface area contributed by atoms with Gasteiger partial charge in [0, 0.05) is 6.07 Å². The Morgan fingerprint density at radius 2 is 1.87 bits per heavy atom. The van der Waals surface area contributed by atoms with Gasteiger partial charge in [0.05, 0.1) is 22.1 Å². The molecule has 1 aliphatic carbocycles. The third-order valence-corrected chi connectivity index (χ3v) is 7.32. The van der Waals surface area contributed by atoms with Crippen molar-refractivity contribution in [2.24, 2.45) is 11.8 Å². The van der Waals surface area contributed by atoms with Crippen molar-refractivity contribution in [1.82, 2.24) is 9.88 Å². The minimum atomic E-state index is -1.01. The van der Waals surface area contributed by atoms with Crippen LogP contribution in [0.4, 0.5) is 13.9 Å². The van der Waals surface area contributed by atoms with Crippen molar-refractivity contribution in [2.75, 3.05) is 17.3 Å². The molecule has 0 bridgehead atoms. The molecule has 0 spiro atoms. The van der Waals surface area contributed by atoms with Crippen LogP contribution in [0.2, 0.25) is 0 Å². The Labute approximate surface area is 180 Å². The molecular weight excluding hydrogens is 432 g/mol. The third-order valence-electron chi connectivity index (χ3n) is 5.75. The number of thiazole rings is 1. The Kier molecular flexibility index (Phi) is 6.06. The number of anilines is 1. The molecule has 3 amide bonds. The van der Waals surface area contributed by atoms with Gasteiger partial charge in [-0.1, -0.05) is 24.2 Å². The van der Waals surface area contributed by atoms with E-state index >= 15 is 0 Å². The molecule has 3 atom stereocenters. The zero-order chi connectivity index (χ0) is 21.4. The minimum absolute atomic E-state index is 0.172. The zero-order valence-corrected chi connectivity index (χ0v) is 18.0. The molecule has 1 saturated carbocycles. The zero-order valence-electron chi connectivity index (χ0n) is 16.3. The number of nitrogens with zero attached hydrogens (tertiary/aromatic N) is 2. The van der Waals surface area contributed by atoms with E-state index in [-0.39, 0.29) is 34.3 Å². The summed E-state index contributed by atoms with van der Waals surface area (Å²) in [4.78, 5) is 44.3. The van der Waals surface area contributed by atoms with Crippen molar-refractivity contribution >= 4 is 56.2 Å². The molecular formula is C20H21F2N3O3S2. The van der Waals surface area contributed by atoms with Gasteiger partial charge in [0.25, 0.3) is 0 Å². The normalized spacial score (nSPS) is 22.4. The number of carbonyl (C=O) groups excluding carboxylic acids is 3. The average Bonchev–Trinajstić information content (AvgIpc) is 3.21. The van der Waals surface area contributed by atoms with Gasteiger partial charge >= 0.3 is 0 Å². The van der Waals surface area contributed by atoms with Crippen molar-refractivity contribution < 1.29 is 23.2 Å². The minimum Gasteiger partial charge on any atom is -0.300 e. The molecule has 3 unspecified atom stereocenters. The summed E-state index contributed by atoms with van der Waals surface area (Å²) in [6.07, 6.45) is 5.40. The lowest BCUT2D eigenvalue weighted by Gasteiger charge is -2.25. The average molecular weight is 454 g/mol. The molecule has 0 radical (unpaired) electrons. The highest BCUT2D eigenvalue weighted by molar-refractivity contribution is 7.98. The summed E-state index contributed by atoms with van der Waals surface area (Å²) in [6.45, 7) is 0. The molecule has 1 saturated heterocycles. The number of imide groups is 1. The Bertz CT molecular complexity index is 950. The third kappa shape index (κ3) is 3.82. The van der Waals surface area contributed by atoms with E-state index in [9.17, 15) is 23.2 Å². The molecule has 4 rings (SSSR count). The number of fused-ring (bicyclic) bond motifs is 2. The standard InChI is InChI=1S/C20H21F2N3O3S2/c1-29-7-6-15(25-18(27)10-4-2-3-5-11(10)19(25)28)17(26)24-20-23-14-8-12(21)13(22)9-16(14)30-20/h8-11,15H,2-7H2,1H3,(H,23,24,26). The van der Waals surface area contributed by atoms with Crippen LogP contribution >= 0.6 is 23.1 Å². The molecule has 2 heterocycles. The molecule has 2 aromatic rings. The number of rotatable bonds is 6. The Balaban J connectivity index is 1.58. The summed E-state index contributed by atoms with van der Waals surface area (Å²) in [5.74, 6) is -3.10.